The van der Waals surface area contributed by atoms with Gasteiger partial charge in [-0.05, 0) is 31.4 Å². The fourth-order valence-corrected chi connectivity index (χ4v) is 4.92. The molecule has 0 heterocycles. The maximum absolute atomic E-state index is 12.0. The van der Waals surface area contributed by atoms with E-state index in [0.717, 1.165) is 12.8 Å². The van der Waals surface area contributed by atoms with E-state index in [2.05, 4.69) is 50.0 Å². The average molecular weight is 286 g/mol. The molecular weight excluding hydrogens is 260 g/mol. The molecule has 1 aromatic carbocycles. The van der Waals surface area contributed by atoms with Gasteiger partial charge in [0.05, 0.1) is 0 Å². The zero-order valence-electron chi connectivity index (χ0n) is 13.1. The molecule has 1 aliphatic carbocycles. The highest BCUT2D eigenvalue weighted by molar-refractivity contribution is 6.76. The summed E-state index contributed by atoms with van der Waals surface area (Å²) in [5, 5.41) is 0. The average Bonchev–Trinajstić information content (AvgIpc) is 2.37. The molecule has 0 aliphatic heterocycles. The quantitative estimate of drug-likeness (QED) is 0.560. The van der Waals surface area contributed by atoms with Crippen molar-refractivity contribution in [3.8, 4) is 0 Å². The molecule has 0 bridgehead atoms. The minimum atomic E-state index is -1.08. The van der Waals surface area contributed by atoms with Gasteiger partial charge in [0, 0.05) is 19.9 Å². The first-order valence-electron chi connectivity index (χ1n) is 7.62. The largest absolute Gasteiger partial charge is 0.300 e. The van der Waals surface area contributed by atoms with Crippen LogP contribution in [0.4, 0.5) is 0 Å². The molecule has 0 aromatic heterocycles. The van der Waals surface area contributed by atoms with Crippen LogP contribution in [0.25, 0.3) is 0 Å². The molecule has 0 radical (unpaired) electrons. The smallest absolute Gasteiger partial charge is 0.133 e. The van der Waals surface area contributed by atoms with E-state index in [4.69, 9.17) is 0 Å². The van der Waals surface area contributed by atoms with Crippen LogP contribution in [-0.4, -0.2) is 13.9 Å². The van der Waals surface area contributed by atoms with Crippen LogP contribution in [-0.2, 0) is 4.79 Å². The van der Waals surface area contributed by atoms with E-state index in [1.54, 1.807) is 12.5 Å². The molecule has 2 atom stereocenters. The Labute approximate surface area is 124 Å². The van der Waals surface area contributed by atoms with Crippen LogP contribution >= 0.6 is 0 Å². The molecule has 0 saturated carbocycles. The summed E-state index contributed by atoms with van der Waals surface area (Å²) in [7, 11) is -1.08. The second-order valence-corrected chi connectivity index (χ2v) is 12.7. The first-order chi connectivity index (χ1) is 9.37. The highest BCUT2D eigenvalue weighted by Gasteiger charge is 2.30. The zero-order valence-corrected chi connectivity index (χ0v) is 14.1. The fraction of sp³-hybridized carbons (Fsp3) is 0.500. The molecule has 0 fully saturated rings. The molecule has 0 saturated heterocycles. The lowest BCUT2D eigenvalue weighted by Gasteiger charge is -2.31. The molecule has 2 rings (SSSR count). The van der Waals surface area contributed by atoms with Crippen LogP contribution in [0.3, 0.4) is 0 Å². The lowest BCUT2D eigenvalue weighted by molar-refractivity contribution is -0.121. The van der Waals surface area contributed by atoms with E-state index >= 15 is 0 Å². The Balaban J connectivity index is 2.30. The van der Waals surface area contributed by atoms with Gasteiger partial charge in [-0.15, -0.1) is 0 Å². The van der Waals surface area contributed by atoms with Crippen molar-refractivity contribution in [3.63, 3.8) is 0 Å². The zero-order chi connectivity index (χ0) is 14.8. The number of carbonyl (C=O) groups excluding carboxylic acids is 1. The van der Waals surface area contributed by atoms with Crippen LogP contribution in [0.1, 0.15) is 31.2 Å². The Morgan fingerprint density at radius 2 is 1.85 bits per heavy atom. The number of hydrogen-bond donors (Lipinski definition) is 0. The first kappa shape index (κ1) is 15.2. The van der Waals surface area contributed by atoms with E-state index in [9.17, 15) is 4.79 Å². The van der Waals surface area contributed by atoms with Gasteiger partial charge in [-0.3, -0.25) is 4.79 Å². The first-order valence-corrected chi connectivity index (χ1v) is 11.3. The Kier molecular flexibility index (Phi) is 4.64. The van der Waals surface area contributed by atoms with Crippen molar-refractivity contribution < 1.29 is 4.79 Å². The summed E-state index contributed by atoms with van der Waals surface area (Å²) in [4.78, 5) is 12.0. The van der Waals surface area contributed by atoms with E-state index in [0.29, 0.717) is 5.78 Å². The summed E-state index contributed by atoms with van der Waals surface area (Å²) in [6.45, 7) is 9.01. The third-order valence-corrected chi connectivity index (χ3v) is 5.60. The lowest BCUT2D eigenvalue weighted by Crippen LogP contribution is -2.26. The van der Waals surface area contributed by atoms with Crippen LogP contribution in [0.15, 0.2) is 42.0 Å². The highest BCUT2D eigenvalue weighted by Crippen LogP contribution is 2.39. The van der Waals surface area contributed by atoms with Crippen LogP contribution in [0.5, 0.6) is 0 Å². The van der Waals surface area contributed by atoms with Crippen molar-refractivity contribution >= 4 is 13.9 Å². The molecular formula is C18H26OSi. The van der Waals surface area contributed by atoms with Crippen molar-refractivity contribution in [2.24, 2.45) is 5.92 Å². The van der Waals surface area contributed by atoms with Crippen LogP contribution < -0.4 is 0 Å². The highest BCUT2D eigenvalue weighted by atomic mass is 28.3. The molecule has 0 N–H and O–H groups in total. The van der Waals surface area contributed by atoms with E-state index in [-0.39, 0.29) is 11.8 Å². The molecule has 1 aromatic rings. The monoisotopic (exact) mass is 286 g/mol. The number of carbonyl (C=O) groups is 1. The van der Waals surface area contributed by atoms with E-state index < -0.39 is 8.07 Å². The molecule has 20 heavy (non-hydrogen) atoms. The predicted octanol–water partition coefficient (Wildman–Crippen LogP) is 5.03. The third kappa shape index (κ3) is 3.92. The molecule has 108 valence electrons. The standard InChI is InChI=1S/C18H26OSi/c1-14(19)17-11-10-15(13-20(2,3)4)12-18(17)16-8-6-5-7-9-16/h5-9,12,17-18H,10-11,13H2,1-4H3/t17-,18+/m1/s1. The number of allylic oxidation sites excluding steroid dienone is 2. The summed E-state index contributed by atoms with van der Waals surface area (Å²) < 4.78 is 0. The summed E-state index contributed by atoms with van der Waals surface area (Å²) >= 11 is 0. The Hall–Kier alpha value is -1.15. The van der Waals surface area contributed by atoms with Crippen molar-refractivity contribution in [1.82, 2.24) is 0 Å². The van der Waals surface area contributed by atoms with E-state index in [1.165, 1.54) is 11.6 Å². The number of Topliss-reactive ketones (excluding diaryl/α,β-unsaturated/α-hetero) is 1. The summed E-state index contributed by atoms with van der Waals surface area (Å²) in [6, 6.07) is 11.8. The van der Waals surface area contributed by atoms with Gasteiger partial charge in [0.15, 0.2) is 0 Å². The third-order valence-electron chi connectivity index (χ3n) is 4.09. The van der Waals surface area contributed by atoms with Gasteiger partial charge in [-0.25, -0.2) is 0 Å². The normalized spacial score (nSPS) is 23.3. The number of ketones is 1. The van der Waals surface area contributed by atoms with Gasteiger partial charge in [0.25, 0.3) is 0 Å². The van der Waals surface area contributed by atoms with Gasteiger partial charge in [0.2, 0.25) is 0 Å². The molecule has 0 unspecified atom stereocenters. The lowest BCUT2D eigenvalue weighted by atomic mass is 9.75. The number of rotatable bonds is 4. The van der Waals surface area contributed by atoms with Gasteiger partial charge in [0.1, 0.15) is 5.78 Å². The van der Waals surface area contributed by atoms with Crippen molar-refractivity contribution in [3.05, 3.63) is 47.5 Å². The Morgan fingerprint density at radius 3 is 2.40 bits per heavy atom. The second-order valence-electron chi connectivity index (χ2n) is 7.25. The fourth-order valence-electron chi connectivity index (χ4n) is 3.26. The second kappa shape index (κ2) is 6.09. The Bertz CT molecular complexity index is 496. The topological polar surface area (TPSA) is 17.1 Å². The predicted molar refractivity (Wildman–Crippen MR) is 88.8 cm³/mol. The maximum atomic E-state index is 12.0. The number of hydrogen-bond acceptors (Lipinski definition) is 1. The minimum Gasteiger partial charge on any atom is -0.300 e. The summed E-state index contributed by atoms with van der Waals surface area (Å²) in [5.41, 5.74) is 2.87. The molecule has 0 amide bonds. The molecule has 1 nitrogen and oxygen atoms in total. The van der Waals surface area contributed by atoms with Crippen molar-refractivity contribution in [2.75, 3.05) is 0 Å². The molecule has 1 aliphatic rings. The maximum Gasteiger partial charge on any atom is 0.133 e. The van der Waals surface area contributed by atoms with Gasteiger partial charge in [-0.2, -0.15) is 0 Å². The van der Waals surface area contributed by atoms with Crippen LogP contribution in [0.2, 0.25) is 25.7 Å². The van der Waals surface area contributed by atoms with E-state index in [1.807, 2.05) is 6.07 Å². The molecule has 2 heteroatoms. The van der Waals surface area contributed by atoms with Crippen molar-refractivity contribution in [2.45, 2.75) is 51.4 Å². The minimum absolute atomic E-state index is 0.169. The molecule has 0 spiro atoms. The SMILES string of the molecule is CC(=O)[C@H]1CCC(C[Si](C)(C)C)=C[C@H]1c1ccccc1. The summed E-state index contributed by atoms with van der Waals surface area (Å²) in [5.74, 6) is 0.791. The summed E-state index contributed by atoms with van der Waals surface area (Å²) in [6.07, 6.45) is 4.53. The van der Waals surface area contributed by atoms with Gasteiger partial charge in [-0.1, -0.05) is 61.6 Å². The van der Waals surface area contributed by atoms with Crippen LogP contribution in [0, 0.1) is 5.92 Å². The number of benzene rings is 1. The van der Waals surface area contributed by atoms with Gasteiger partial charge >= 0.3 is 0 Å². The van der Waals surface area contributed by atoms with Gasteiger partial charge < -0.3 is 0 Å². The van der Waals surface area contributed by atoms with Crippen molar-refractivity contribution in [1.29, 1.82) is 0 Å². The Morgan fingerprint density at radius 1 is 1.20 bits per heavy atom.